The van der Waals surface area contributed by atoms with Crippen molar-refractivity contribution >= 4 is 38.3 Å². The summed E-state index contributed by atoms with van der Waals surface area (Å²) in [5.41, 5.74) is 0.994. The minimum Gasteiger partial charge on any atom is -0.495 e. The topological polar surface area (TPSA) is 75.6 Å². The molecule has 0 heterocycles. The lowest BCUT2D eigenvalue weighted by molar-refractivity contribution is 0.281. The number of nitrogens with one attached hydrogen (secondary N) is 1. The molecule has 112 valence electrons. The van der Waals surface area contributed by atoms with E-state index in [4.69, 9.17) is 9.84 Å². The number of para-hydroxylation sites is 1. The molecule has 5 nitrogen and oxygen atoms in total. The van der Waals surface area contributed by atoms with Crippen molar-refractivity contribution in [2.24, 2.45) is 0 Å². The molecular weight excluding hydrogens is 405 g/mol. The largest absolute Gasteiger partial charge is 0.495 e. The number of hydrogen-bond acceptors (Lipinski definition) is 4. The van der Waals surface area contributed by atoms with Gasteiger partial charge in [0.2, 0.25) is 0 Å². The fraction of sp³-hybridized carbons (Fsp3) is 0.143. The third kappa shape index (κ3) is 3.66. The zero-order chi connectivity index (χ0) is 15.5. The molecule has 0 aromatic heterocycles. The Balaban J connectivity index is 2.46. The summed E-state index contributed by atoms with van der Waals surface area (Å²) in [4.78, 5) is -0.00352. The molecule has 0 bridgehead atoms. The van der Waals surface area contributed by atoms with Gasteiger partial charge in [-0.3, -0.25) is 4.72 Å². The molecule has 7 heteroatoms. The Morgan fingerprint density at radius 1 is 1.24 bits per heavy atom. The highest BCUT2D eigenvalue weighted by molar-refractivity contribution is 14.1. The number of hydrogen-bond donors (Lipinski definition) is 2. The Morgan fingerprint density at radius 2 is 1.95 bits per heavy atom. The van der Waals surface area contributed by atoms with Crippen LogP contribution in [0, 0.1) is 3.57 Å². The molecule has 21 heavy (non-hydrogen) atoms. The van der Waals surface area contributed by atoms with Crippen LogP contribution in [-0.2, 0) is 16.6 Å². The van der Waals surface area contributed by atoms with Crippen LogP contribution in [-0.4, -0.2) is 20.6 Å². The van der Waals surface area contributed by atoms with Crippen LogP contribution in [0.3, 0.4) is 0 Å². The number of rotatable bonds is 5. The third-order valence-electron chi connectivity index (χ3n) is 2.82. The fourth-order valence-electron chi connectivity index (χ4n) is 1.77. The lowest BCUT2D eigenvalue weighted by Crippen LogP contribution is -2.15. The molecule has 2 aromatic carbocycles. The van der Waals surface area contributed by atoms with Crippen molar-refractivity contribution in [3.05, 3.63) is 51.6 Å². The van der Waals surface area contributed by atoms with E-state index in [1.165, 1.54) is 19.2 Å². The van der Waals surface area contributed by atoms with Crippen molar-refractivity contribution in [2.75, 3.05) is 11.8 Å². The van der Waals surface area contributed by atoms with Gasteiger partial charge in [-0.1, -0.05) is 18.2 Å². The number of aliphatic hydroxyl groups excluding tert-OH is 1. The molecule has 0 saturated heterocycles. The lowest BCUT2D eigenvalue weighted by atomic mass is 10.2. The molecule has 0 aliphatic carbocycles. The van der Waals surface area contributed by atoms with E-state index in [0.29, 0.717) is 11.3 Å². The maximum Gasteiger partial charge on any atom is 0.265 e. The Hall–Kier alpha value is -1.32. The number of aliphatic hydroxyl groups is 1. The minimum atomic E-state index is -3.80. The highest BCUT2D eigenvalue weighted by Gasteiger charge is 2.21. The molecule has 0 saturated carbocycles. The molecule has 2 rings (SSSR count). The molecule has 2 aromatic rings. The van der Waals surface area contributed by atoms with Crippen LogP contribution < -0.4 is 9.46 Å². The van der Waals surface area contributed by atoms with Crippen molar-refractivity contribution in [1.29, 1.82) is 0 Å². The number of ether oxygens (including phenoxy) is 1. The zero-order valence-electron chi connectivity index (χ0n) is 11.2. The lowest BCUT2D eigenvalue weighted by Gasteiger charge is -2.13. The van der Waals surface area contributed by atoms with Crippen molar-refractivity contribution in [2.45, 2.75) is 11.5 Å². The minimum absolute atomic E-state index is 0.00352. The van der Waals surface area contributed by atoms with Gasteiger partial charge in [-0.2, -0.15) is 0 Å². The number of halogens is 1. The Bertz CT molecular complexity index is 746. The van der Waals surface area contributed by atoms with Crippen LogP contribution in [0.1, 0.15) is 5.56 Å². The van der Waals surface area contributed by atoms with Gasteiger partial charge in [-0.15, -0.1) is 0 Å². The standard InChI is InChI=1S/C14H14INO4S/c1-20-13-7-6-10(9-17)8-14(13)21(18,19)16-12-5-3-2-4-11(12)15/h2-8,16-17H,9H2,1H3. The molecule has 0 amide bonds. The fourth-order valence-corrected chi connectivity index (χ4v) is 3.78. The normalized spacial score (nSPS) is 11.2. The Kier molecular flexibility index (Phi) is 5.07. The van der Waals surface area contributed by atoms with E-state index in [2.05, 4.69) is 27.3 Å². The second-order valence-corrected chi connectivity index (χ2v) is 7.04. The van der Waals surface area contributed by atoms with Gasteiger partial charge in [-0.25, -0.2) is 8.42 Å². The average Bonchev–Trinajstić information content (AvgIpc) is 2.48. The maximum atomic E-state index is 12.5. The van der Waals surface area contributed by atoms with Gasteiger partial charge < -0.3 is 9.84 Å². The van der Waals surface area contributed by atoms with Crippen LogP contribution in [0.15, 0.2) is 47.4 Å². The number of methoxy groups -OCH3 is 1. The molecule has 0 atom stereocenters. The smallest absolute Gasteiger partial charge is 0.265 e. The van der Waals surface area contributed by atoms with E-state index in [0.717, 1.165) is 3.57 Å². The van der Waals surface area contributed by atoms with E-state index < -0.39 is 10.0 Å². The first-order valence-electron chi connectivity index (χ1n) is 6.03. The van der Waals surface area contributed by atoms with Gasteiger partial charge in [0.1, 0.15) is 10.6 Å². The van der Waals surface area contributed by atoms with E-state index in [-0.39, 0.29) is 17.3 Å². The van der Waals surface area contributed by atoms with Crippen LogP contribution in [0.25, 0.3) is 0 Å². The number of anilines is 1. The molecule has 0 fully saturated rings. The van der Waals surface area contributed by atoms with Gasteiger partial charge in [0, 0.05) is 3.57 Å². The van der Waals surface area contributed by atoms with Crippen molar-refractivity contribution in [3.8, 4) is 5.75 Å². The molecule has 0 aliphatic heterocycles. The van der Waals surface area contributed by atoms with Crippen LogP contribution >= 0.6 is 22.6 Å². The Morgan fingerprint density at radius 3 is 2.57 bits per heavy atom. The van der Waals surface area contributed by atoms with E-state index in [9.17, 15) is 8.42 Å². The highest BCUT2D eigenvalue weighted by atomic mass is 127. The Labute approximate surface area is 137 Å². The van der Waals surface area contributed by atoms with Gasteiger partial charge in [0.05, 0.1) is 19.4 Å². The van der Waals surface area contributed by atoms with Gasteiger partial charge >= 0.3 is 0 Å². The average molecular weight is 419 g/mol. The summed E-state index contributed by atoms with van der Waals surface area (Å²) in [6, 6.07) is 11.6. The van der Waals surface area contributed by atoms with Crippen LogP contribution in [0.2, 0.25) is 0 Å². The molecule has 0 aliphatic rings. The first kappa shape index (κ1) is 16.1. The maximum absolute atomic E-state index is 12.5. The summed E-state index contributed by atoms with van der Waals surface area (Å²) in [5.74, 6) is 0.227. The molecule has 2 N–H and O–H groups in total. The molecular formula is C14H14INO4S. The predicted octanol–water partition coefficient (Wildman–Crippen LogP) is 2.59. The van der Waals surface area contributed by atoms with Crippen molar-refractivity contribution in [3.63, 3.8) is 0 Å². The van der Waals surface area contributed by atoms with E-state index in [1.54, 1.807) is 24.3 Å². The molecule has 0 unspecified atom stereocenters. The quantitative estimate of drug-likeness (QED) is 0.731. The zero-order valence-corrected chi connectivity index (χ0v) is 14.2. The van der Waals surface area contributed by atoms with Gasteiger partial charge in [-0.05, 0) is 52.4 Å². The van der Waals surface area contributed by atoms with E-state index >= 15 is 0 Å². The van der Waals surface area contributed by atoms with Crippen molar-refractivity contribution in [1.82, 2.24) is 0 Å². The van der Waals surface area contributed by atoms with Gasteiger partial charge in [0.15, 0.2) is 0 Å². The number of sulfonamides is 1. The molecule has 0 radical (unpaired) electrons. The van der Waals surface area contributed by atoms with E-state index in [1.807, 2.05) is 6.07 Å². The predicted molar refractivity (Wildman–Crippen MR) is 88.9 cm³/mol. The summed E-state index contributed by atoms with van der Waals surface area (Å²) < 4.78 is 33.5. The first-order chi connectivity index (χ1) is 9.97. The number of benzene rings is 2. The summed E-state index contributed by atoms with van der Waals surface area (Å²) in [6.45, 7) is -0.241. The summed E-state index contributed by atoms with van der Waals surface area (Å²) in [6.07, 6.45) is 0. The summed E-state index contributed by atoms with van der Waals surface area (Å²) in [5, 5.41) is 9.17. The SMILES string of the molecule is COc1ccc(CO)cc1S(=O)(=O)Nc1ccccc1I. The third-order valence-corrected chi connectivity index (χ3v) is 5.15. The van der Waals surface area contributed by atoms with Crippen LogP contribution in [0.4, 0.5) is 5.69 Å². The summed E-state index contributed by atoms with van der Waals surface area (Å²) >= 11 is 2.05. The second-order valence-electron chi connectivity index (χ2n) is 4.23. The van der Waals surface area contributed by atoms with Crippen molar-refractivity contribution < 1.29 is 18.3 Å². The monoisotopic (exact) mass is 419 g/mol. The summed E-state index contributed by atoms with van der Waals surface area (Å²) in [7, 11) is -2.40. The second kappa shape index (κ2) is 6.63. The van der Waals surface area contributed by atoms with Crippen LogP contribution in [0.5, 0.6) is 5.75 Å². The highest BCUT2D eigenvalue weighted by Crippen LogP contribution is 2.28. The molecule has 0 spiro atoms. The first-order valence-corrected chi connectivity index (χ1v) is 8.59. The van der Waals surface area contributed by atoms with Gasteiger partial charge in [0.25, 0.3) is 10.0 Å².